The lowest BCUT2D eigenvalue weighted by Crippen LogP contribution is -2.41. The summed E-state index contributed by atoms with van der Waals surface area (Å²) in [6, 6.07) is 5.73. The van der Waals surface area contributed by atoms with Crippen LogP contribution in [0.1, 0.15) is 11.6 Å². The Morgan fingerprint density at radius 1 is 1.37 bits per heavy atom. The summed E-state index contributed by atoms with van der Waals surface area (Å²) in [6.07, 6.45) is -2.58. The van der Waals surface area contributed by atoms with Gasteiger partial charge < -0.3 is 15.4 Å². The van der Waals surface area contributed by atoms with Crippen molar-refractivity contribution in [3.63, 3.8) is 0 Å². The molecule has 1 atom stereocenters. The standard InChI is InChI=1S/C12H15ClF2N2O2/c1-19-7-10(8-2-4-9(13)5-3-8)17-12(18)16-6-11(14)15/h2-5,10-11H,6-7H2,1H3,(H2,16,17,18)/t10-/m0/s1. The molecule has 0 saturated carbocycles. The number of carbonyl (C=O) groups is 1. The molecule has 1 aromatic rings. The van der Waals surface area contributed by atoms with Gasteiger partial charge in [0.1, 0.15) is 0 Å². The van der Waals surface area contributed by atoms with Gasteiger partial charge in [0, 0.05) is 12.1 Å². The first-order valence-corrected chi connectivity index (χ1v) is 5.97. The number of halogens is 3. The van der Waals surface area contributed by atoms with Crippen LogP contribution in [0.3, 0.4) is 0 Å². The molecule has 0 aliphatic carbocycles. The van der Waals surface area contributed by atoms with E-state index in [0.29, 0.717) is 5.02 Å². The average Bonchev–Trinajstić information content (AvgIpc) is 2.37. The van der Waals surface area contributed by atoms with Crippen LogP contribution in [0.15, 0.2) is 24.3 Å². The van der Waals surface area contributed by atoms with Gasteiger partial charge in [-0.05, 0) is 17.7 Å². The molecule has 0 aliphatic rings. The summed E-state index contributed by atoms with van der Waals surface area (Å²) >= 11 is 5.77. The van der Waals surface area contributed by atoms with Crippen LogP contribution < -0.4 is 10.6 Å². The first kappa shape index (κ1) is 15.7. The molecule has 0 heterocycles. The Balaban J connectivity index is 2.62. The maximum Gasteiger partial charge on any atom is 0.315 e. The van der Waals surface area contributed by atoms with Crippen molar-refractivity contribution in [3.05, 3.63) is 34.9 Å². The predicted molar refractivity (Wildman–Crippen MR) is 68.6 cm³/mol. The van der Waals surface area contributed by atoms with Crippen molar-refractivity contribution in [2.45, 2.75) is 12.5 Å². The molecule has 19 heavy (non-hydrogen) atoms. The zero-order valence-corrected chi connectivity index (χ0v) is 11.1. The molecule has 0 aromatic heterocycles. The van der Waals surface area contributed by atoms with E-state index in [1.54, 1.807) is 24.3 Å². The van der Waals surface area contributed by atoms with E-state index in [-0.39, 0.29) is 6.61 Å². The van der Waals surface area contributed by atoms with Gasteiger partial charge >= 0.3 is 6.03 Å². The zero-order chi connectivity index (χ0) is 14.3. The van der Waals surface area contributed by atoms with Crippen molar-refractivity contribution in [1.82, 2.24) is 10.6 Å². The Morgan fingerprint density at radius 2 is 2.00 bits per heavy atom. The van der Waals surface area contributed by atoms with Crippen LogP contribution in [-0.4, -0.2) is 32.7 Å². The zero-order valence-electron chi connectivity index (χ0n) is 10.3. The van der Waals surface area contributed by atoms with Gasteiger partial charge in [0.25, 0.3) is 6.43 Å². The lowest BCUT2D eigenvalue weighted by Gasteiger charge is -2.18. The molecule has 0 saturated heterocycles. The van der Waals surface area contributed by atoms with E-state index >= 15 is 0 Å². The fourth-order valence-electron chi connectivity index (χ4n) is 1.46. The van der Waals surface area contributed by atoms with Crippen LogP contribution in [0.5, 0.6) is 0 Å². The van der Waals surface area contributed by atoms with E-state index in [2.05, 4.69) is 10.6 Å². The second kappa shape index (κ2) is 7.91. The summed E-state index contributed by atoms with van der Waals surface area (Å²) in [6.45, 7) is -0.462. The highest BCUT2D eigenvalue weighted by Crippen LogP contribution is 2.16. The Labute approximate surface area is 115 Å². The van der Waals surface area contributed by atoms with Gasteiger partial charge in [-0.3, -0.25) is 0 Å². The number of carbonyl (C=O) groups excluding carboxylic acids is 1. The number of amides is 2. The molecule has 0 spiro atoms. The first-order valence-electron chi connectivity index (χ1n) is 5.60. The van der Waals surface area contributed by atoms with Gasteiger partial charge in [0.2, 0.25) is 0 Å². The molecule has 2 N–H and O–H groups in total. The van der Waals surface area contributed by atoms with Crippen molar-refractivity contribution in [1.29, 1.82) is 0 Å². The molecule has 4 nitrogen and oxygen atoms in total. The normalized spacial score (nSPS) is 12.3. The van der Waals surface area contributed by atoms with Crippen molar-refractivity contribution >= 4 is 17.6 Å². The second-order valence-corrected chi connectivity index (χ2v) is 4.24. The van der Waals surface area contributed by atoms with Crippen molar-refractivity contribution in [2.24, 2.45) is 0 Å². The highest BCUT2D eigenvalue weighted by Gasteiger charge is 2.15. The summed E-state index contributed by atoms with van der Waals surface area (Å²) < 4.78 is 28.9. The number of nitrogens with one attached hydrogen (secondary N) is 2. The molecule has 2 amide bonds. The third kappa shape index (κ3) is 5.85. The molecule has 0 unspecified atom stereocenters. The summed E-state index contributed by atoms with van der Waals surface area (Å²) in [4.78, 5) is 11.4. The van der Waals surface area contributed by atoms with Crippen molar-refractivity contribution < 1.29 is 18.3 Å². The fraction of sp³-hybridized carbons (Fsp3) is 0.417. The Hall–Kier alpha value is -1.40. The summed E-state index contributed by atoms with van der Waals surface area (Å²) in [5.41, 5.74) is 0.776. The fourth-order valence-corrected chi connectivity index (χ4v) is 1.59. The van der Waals surface area contributed by atoms with E-state index in [9.17, 15) is 13.6 Å². The largest absolute Gasteiger partial charge is 0.382 e. The molecule has 106 valence electrons. The minimum Gasteiger partial charge on any atom is -0.382 e. The average molecular weight is 293 g/mol. The molecule has 0 bridgehead atoms. The molecule has 0 aliphatic heterocycles. The smallest absolute Gasteiger partial charge is 0.315 e. The Bertz CT molecular complexity index is 401. The molecule has 1 rings (SSSR count). The summed E-state index contributed by atoms with van der Waals surface area (Å²) in [7, 11) is 1.49. The summed E-state index contributed by atoms with van der Waals surface area (Å²) in [5.74, 6) is 0. The SMILES string of the molecule is COC[C@H](NC(=O)NCC(F)F)c1ccc(Cl)cc1. The van der Waals surface area contributed by atoms with Gasteiger partial charge in [-0.25, -0.2) is 13.6 Å². The molecular weight excluding hydrogens is 278 g/mol. The molecule has 7 heteroatoms. The number of ether oxygens (including phenoxy) is 1. The number of alkyl halides is 2. The maximum absolute atomic E-state index is 12.0. The van der Waals surface area contributed by atoms with Crippen LogP contribution >= 0.6 is 11.6 Å². The van der Waals surface area contributed by atoms with Crippen LogP contribution in [0, 0.1) is 0 Å². The van der Waals surface area contributed by atoms with E-state index in [1.807, 2.05) is 0 Å². The lowest BCUT2D eigenvalue weighted by molar-refractivity contribution is 0.142. The number of rotatable bonds is 6. The highest BCUT2D eigenvalue weighted by molar-refractivity contribution is 6.30. The predicted octanol–water partition coefficient (Wildman–Crippen LogP) is 2.59. The number of urea groups is 1. The Morgan fingerprint density at radius 3 is 2.53 bits per heavy atom. The van der Waals surface area contributed by atoms with Crippen LogP contribution in [0.25, 0.3) is 0 Å². The van der Waals surface area contributed by atoms with Gasteiger partial charge in [-0.1, -0.05) is 23.7 Å². The molecule has 0 fully saturated rings. The monoisotopic (exact) mass is 292 g/mol. The second-order valence-electron chi connectivity index (χ2n) is 3.80. The third-order valence-corrected chi connectivity index (χ3v) is 2.58. The van der Waals surface area contributed by atoms with Crippen LogP contribution in [-0.2, 0) is 4.74 Å². The first-order chi connectivity index (χ1) is 9.02. The van der Waals surface area contributed by atoms with E-state index in [0.717, 1.165) is 5.56 Å². The number of hydrogen-bond acceptors (Lipinski definition) is 2. The van der Waals surface area contributed by atoms with E-state index < -0.39 is 25.0 Å². The van der Waals surface area contributed by atoms with Crippen LogP contribution in [0.2, 0.25) is 5.02 Å². The molecule has 1 aromatic carbocycles. The van der Waals surface area contributed by atoms with Crippen molar-refractivity contribution in [2.75, 3.05) is 20.3 Å². The number of benzene rings is 1. The van der Waals surface area contributed by atoms with E-state index in [4.69, 9.17) is 16.3 Å². The molecule has 0 radical (unpaired) electrons. The van der Waals surface area contributed by atoms with Crippen LogP contribution in [0.4, 0.5) is 13.6 Å². The molecular formula is C12H15ClF2N2O2. The van der Waals surface area contributed by atoms with E-state index in [1.165, 1.54) is 7.11 Å². The number of hydrogen-bond donors (Lipinski definition) is 2. The topological polar surface area (TPSA) is 50.4 Å². The maximum atomic E-state index is 12.0. The lowest BCUT2D eigenvalue weighted by atomic mass is 10.1. The third-order valence-electron chi connectivity index (χ3n) is 2.33. The van der Waals surface area contributed by atoms with Gasteiger partial charge in [0.05, 0.1) is 19.2 Å². The van der Waals surface area contributed by atoms with Gasteiger partial charge in [-0.2, -0.15) is 0 Å². The minimum atomic E-state index is -2.58. The minimum absolute atomic E-state index is 0.226. The highest BCUT2D eigenvalue weighted by atomic mass is 35.5. The van der Waals surface area contributed by atoms with Crippen molar-refractivity contribution in [3.8, 4) is 0 Å². The summed E-state index contributed by atoms with van der Waals surface area (Å²) in [5, 5.41) is 5.20. The number of methoxy groups -OCH3 is 1. The quantitative estimate of drug-likeness (QED) is 0.847. The van der Waals surface area contributed by atoms with Gasteiger partial charge in [0.15, 0.2) is 0 Å². The van der Waals surface area contributed by atoms with Gasteiger partial charge in [-0.15, -0.1) is 0 Å². The Kier molecular flexibility index (Phi) is 6.52.